The summed E-state index contributed by atoms with van der Waals surface area (Å²) < 4.78 is 12.6. The minimum Gasteiger partial charge on any atom is -0.456 e. The van der Waals surface area contributed by atoms with Crippen LogP contribution in [0.5, 0.6) is 0 Å². The molecular weight excluding hydrogens is 965 g/mol. The van der Waals surface area contributed by atoms with Gasteiger partial charge >= 0.3 is 0 Å². The maximum Gasteiger partial charge on any atom is 0.138 e. The van der Waals surface area contributed by atoms with Gasteiger partial charge in [0.05, 0.1) is 22.1 Å². The normalized spacial score (nSPS) is 11.9. The van der Waals surface area contributed by atoms with Gasteiger partial charge in [-0.2, -0.15) is 0 Å². The van der Waals surface area contributed by atoms with E-state index >= 15 is 0 Å². The molecule has 0 radical (unpaired) electrons. The second-order valence-corrected chi connectivity index (χ2v) is 21.2. The summed E-state index contributed by atoms with van der Waals surface area (Å²) in [5.74, 6) is 0. The quantitative estimate of drug-likeness (QED) is 0.164. The SMILES string of the molecule is Cc1cc(C)c2oc3c(C)cc(-c4ccc(-c5ccc6c(c5)c5ccccc5c5nccnc65)cc4)cc3c2c1.Cc1cccc2c1oc1c(C)cc(-c3ccc(-c4ccc5c(c4)c4ccccc4c4nccnc54)cc3)cc12. The van der Waals surface area contributed by atoms with Gasteiger partial charge in [-0.1, -0.05) is 146 Å². The molecule has 0 fully saturated rings. The number of hydrogen-bond donors (Lipinski definition) is 0. The molecule has 79 heavy (non-hydrogen) atoms. The topological polar surface area (TPSA) is 77.8 Å². The van der Waals surface area contributed by atoms with Crippen LogP contribution >= 0.6 is 0 Å². The van der Waals surface area contributed by atoms with E-state index in [1.165, 1.54) is 98.7 Å². The molecule has 0 saturated heterocycles. The van der Waals surface area contributed by atoms with Crippen LogP contribution in [0.1, 0.15) is 27.8 Å². The molecular formula is C73H50N4O2. The maximum atomic E-state index is 6.32. The second kappa shape index (κ2) is 18.0. The molecule has 0 aliphatic carbocycles. The molecule has 16 rings (SSSR count). The van der Waals surface area contributed by atoms with Crippen molar-refractivity contribution in [1.29, 1.82) is 0 Å². The smallest absolute Gasteiger partial charge is 0.138 e. The zero-order valence-corrected chi connectivity index (χ0v) is 44.3. The first kappa shape index (κ1) is 46.3. The van der Waals surface area contributed by atoms with Gasteiger partial charge in [-0.25, -0.2) is 0 Å². The molecule has 4 heterocycles. The van der Waals surface area contributed by atoms with Gasteiger partial charge in [-0.05, 0) is 171 Å². The molecule has 0 bridgehead atoms. The van der Waals surface area contributed by atoms with E-state index in [1.54, 1.807) is 24.8 Å². The van der Waals surface area contributed by atoms with Crippen LogP contribution in [0.3, 0.4) is 0 Å². The number of furan rings is 2. The van der Waals surface area contributed by atoms with E-state index in [0.29, 0.717) is 0 Å². The molecule has 0 atom stereocenters. The number of benzene rings is 12. The first-order valence-corrected chi connectivity index (χ1v) is 26.9. The summed E-state index contributed by atoms with van der Waals surface area (Å²) >= 11 is 0. The monoisotopic (exact) mass is 1010 g/mol. The lowest BCUT2D eigenvalue weighted by Gasteiger charge is -2.11. The van der Waals surface area contributed by atoms with E-state index in [1.807, 2.05) is 0 Å². The first-order chi connectivity index (χ1) is 38.7. The molecule has 0 aliphatic heterocycles. The summed E-state index contributed by atoms with van der Waals surface area (Å²) in [4.78, 5) is 18.7. The van der Waals surface area contributed by atoms with E-state index in [9.17, 15) is 0 Å². The fourth-order valence-electron chi connectivity index (χ4n) is 12.4. The number of aryl methyl sites for hydroxylation is 5. The van der Waals surface area contributed by atoms with Crippen LogP contribution in [0, 0.1) is 34.6 Å². The van der Waals surface area contributed by atoms with E-state index in [0.717, 1.165) is 82.6 Å². The molecule has 0 aliphatic rings. The summed E-state index contributed by atoms with van der Waals surface area (Å²) in [7, 11) is 0. The lowest BCUT2D eigenvalue weighted by molar-refractivity contribution is 0.662. The second-order valence-electron chi connectivity index (χ2n) is 21.2. The third kappa shape index (κ3) is 7.55. The Hall–Kier alpha value is -10.0. The largest absolute Gasteiger partial charge is 0.456 e. The van der Waals surface area contributed by atoms with Crippen molar-refractivity contribution < 1.29 is 8.83 Å². The van der Waals surface area contributed by atoms with Crippen molar-refractivity contribution in [3.8, 4) is 44.5 Å². The van der Waals surface area contributed by atoms with E-state index in [-0.39, 0.29) is 0 Å². The van der Waals surface area contributed by atoms with Crippen LogP contribution in [-0.2, 0) is 0 Å². The number of fused-ring (bicyclic) bond motifs is 18. The highest BCUT2D eigenvalue weighted by Crippen LogP contribution is 2.41. The lowest BCUT2D eigenvalue weighted by Crippen LogP contribution is -1.89. The highest BCUT2D eigenvalue weighted by atomic mass is 16.3. The Balaban J connectivity index is 0.000000137. The summed E-state index contributed by atoms with van der Waals surface area (Å²) in [5.41, 5.74) is 23.1. The van der Waals surface area contributed by atoms with Gasteiger partial charge in [0.1, 0.15) is 22.3 Å². The first-order valence-electron chi connectivity index (χ1n) is 26.9. The zero-order valence-electron chi connectivity index (χ0n) is 44.3. The van der Waals surface area contributed by atoms with Crippen LogP contribution in [0.4, 0.5) is 0 Å². The standard InChI is InChI=1S/C37H26N2O.C36H24N2O/c1-21-16-22(2)36-32(17-21)33-20-27(18-23(3)37(33)40-36)25-10-8-24(9-11-25)26-12-13-30-31(19-26)28-6-4-5-7-29(28)34-35(30)39-15-14-38-34;1-21-6-5-9-30-32-20-26(18-22(2)36(32)39-35(21)30)24-12-10-23(11-13-24)25-14-15-29-31(19-25)27-7-3-4-8-28(27)33-34(29)38-17-16-37-33/h4-20H,1-3H3;3-20H,1-2H3. The summed E-state index contributed by atoms with van der Waals surface area (Å²) in [6, 6.07) is 67.8. The van der Waals surface area contributed by atoms with Crippen molar-refractivity contribution in [2.45, 2.75) is 34.6 Å². The average Bonchev–Trinajstić information content (AvgIpc) is 4.19. The average molecular weight is 1020 g/mol. The molecule has 0 spiro atoms. The van der Waals surface area contributed by atoms with Gasteiger partial charge in [0.15, 0.2) is 0 Å². The van der Waals surface area contributed by atoms with Crippen LogP contribution in [0.2, 0.25) is 0 Å². The minimum atomic E-state index is 0.945. The Kier molecular flexibility index (Phi) is 10.6. The Morgan fingerprint density at radius 2 is 0.557 bits per heavy atom. The number of hydrogen-bond acceptors (Lipinski definition) is 6. The fraction of sp³-hybridized carbons (Fsp3) is 0.0685. The Labute approximate surface area is 455 Å². The lowest BCUT2D eigenvalue weighted by atomic mass is 9.94. The summed E-state index contributed by atoms with van der Waals surface area (Å²) in [6.45, 7) is 10.6. The van der Waals surface area contributed by atoms with E-state index in [4.69, 9.17) is 13.8 Å². The Morgan fingerprint density at radius 1 is 0.228 bits per heavy atom. The highest BCUT2D eigenvalue weighted by molar-refractivity contribution is 6.25. The van der Waals surface area contributed by atoms with Gasteiger partial charge in [0.25, 0.3) is 0 Å². The van der Waals surface area contributed by atoms with Crippen LogP contribution < -0.4 is 0 Å². The molecule has 0 saturated carbocycles. The minimum absolute atomic E-state index is 0.945. The van der Waals surface area contributed by atoms with Gasteiger partial charge in [-0.15, -0.1) is 0 Å². The Morgan fingerprint density at radius 3 is 1.01 bits per heavy atom. The van der Waals surface area contributed by atoms with Gasteiger partial charge in [0, 0.05) is 67.9 Å². The van der Waals surface area contributed by atoms with Crippen LogP contribution in [0.25, 0.3) is 154 Å². The molecule has 6 heteroatoms. The summed E-state index contributed by atoms with van der Waals surface area (Å²) in [5, 5.41) is 14.0. The molecule has 6 nitrogen and oxygen atoms in total. The van der Waals surface area contributed by atoms with Crippen molar-refractivity contribution in [2.75, 3.05) is 0 Å². The Bertz CT molecular complexity index is 5120. The van der Waals surface area contributed by atoms with Crippen molar-refractivity contribution >= 4 is 109 Å². The fourth-order valence-corrected chi connectivity index (χ4v) is 12.4. The summed E-state index contributed by atoms with van der Waals surface area (Å²) in [6.07, 6.45) is 7.09. The number of para-hydroxylation sites is 1. The van der Waals surface area contributed by atoms with Crippen molar-refractivity contribution in [1.82, 2.24) is 19.9 Å². The molecule has 16 aromatic rings. The predicted molar refractivity (Wildman–Crippen MR) is 329 cm³/mol. The van der Waals surface area contributed by atoms with Crippen molar-refractivity contribution in [3.63, 3.8) is 0 Å². The molecule has 0 N–H and O–H groups in total. The van der Waals surface area contributed by atoms with Crippen molar-refractivity contribution in [2.24, 2.45) is 0 Å². The van der Waals surface area contributed by atoms with Gasteiger partial charge in [-0.3, -0.25) is 19.9 Å². The van der Waals surface area contributed by atoms with E-state index in [2.05, 4.69) is 238 Å². The van der Waals surface area contributed by atoms with Crippen molar-refractivity contribution in [3.05, 3.63) is 241 Å². The molecule has 0 amide bonds. The van der Waals surface area contributed by atoms with Gasteiger partial charge < -0.3 is 8.83 Å². The zero-order chi connectivity index (χ0) is 53.0. The molecule has 12 aromatic carbocycles. The number of nitrogens with zero attached hydrogens (tertiary/aromatic N) is 4. The predicted octanol–water partition coefficient (Wildman–Crippen LogP) is 19.9. The highest BCUT2D eigenvalue weighted by Gasteiger charge is 2.18. The number of rotatable bonds is 4. The molecule has 4 aromatic heterocycles. The third-order valence-electron chi connectivity index (χ3n) is 16.2. The molecule has 0 unspecified atom stereocenters. The van der Waals surface area contributed by atoms with E-state index < -0.39 is 0 Å². The maximum absolute atomic E-state index is 6.32. The van der Waals surface area contributed by atoms with Crippen LogP contribution in [-0.4, -0.2) is 19.9 Å². The van der Waals surface area contributed by atoms with Gasteiger partial charge in [0.2, 0.25) is 0 Å². The molecule has 374 valence electrons. The van der Waals surface area contributed by atoms with Crippen LogP contribution in [0.15, 0.2) is 222 Å². The number of aromatic nitrogens is 4. The third-order valence-corrected chi connectivity index (χ3v) is 16.2.